The molecule has 0 aliphatic carbocycles. The molecule has 322 valence electrons. The predicted molar refractivity (Wildman–Crippen MR) is 237 cm³/mol. The van der Waals surface area contributed by atoms with Crippen LogP contribution in [-0.4, -0.2) is 83.5 Å². The molecule has 0 saturated heterocycles. The van der Waals surface area contributed by atoms with Gasteiger partial charge in [-0.2, -0.15) is 13.2 Å². The molecule has 0 unspecified atom stereocenters. The van der Waals surface area contributed by atoms with E-state index in [1.54, 1.807) is 12.1 Å². The number of benzene rings is 5. The molecule has 1 heterocycles. The zero-order chi connectivity index (χ0) is 43.6. The van der Waals surface area contributed by atoms with Crippen LogP contribution in [0.1, 0.15) is 29.3 Å². The average molecular weight is 914 g/mol. The Morgan fingerprint density at radius 1 is 0.885 bits per heavy atom. The predicted octanol–water partition coefficient (Wildman–Crippen LogP) is 8.32. The van der Waals surface area contributed by atoms with Gasteiger partial charge in [-0.15, -0.1) is 11.8 Å². The third-order valence-corrected chi connectivity index (χ3v) is 14.1. The molecule has 1 aliphatic rings. The second kappa shape index (κ2) is 20.2. The minimum absolute atomic E-state index is 0.0514. The second-order valence-electron chi connectivity index (χ2n) is 14.1. The van der Waals surface area contributed by atoms with Crippen molar-refractivity contribution in [3.8, 4) is 11.1 Å². The van der Waals surface area contributed by atoms with Crippen LogP contribution in [0, 0.1) is 0 Å². The van der Waals surface area contributed by atoms with E-state index in [1.165, 1.54) is 23.9 Å². The van der Waals surface area contributed by atoms with Crippen LogP contribution < -0.4 is 20.7 Å². The number of amides is 1. The van der Waals surface area contributed by atoms with Gasteiger partial charge < -0.3 is 20.9 Å². The van der Waals surface area contributed by atoms with Crippen molar-refractivity contribution in [3.63, 3.8) is 0 Å². The normalized spacial score (nSPS) is 13.7. The van der Waals surface area contributed by atoms with E-state index in [-0.39, 0.29) is 5.56 Å². The number of rotatable bonds is 19. The van der Waals surface area contributed by atoms with Crippen LogP contribution in [0.5, 0.6) is 0 Å². The van der Waals surface area contributed by atoms with E-state index in [2.05, 4.69) is 20.9 Å². The summed E-state index contributed by atoms with van der Waals surface area (Å²) in [4.78, 5) is 18.3. The van der Waals surface area contributed by atoms with Crippen LogP contribution in [0.25, 0.3) is 11.1 Å². The Balaban J connectivity index is 1.10. The van der Waals surface area contributed by atoms with E-state index < -0.39 is 52.8 Å². The Labute approximate surface area is 363 Å². The van der Waals surface area contributed by atoms with E-state index >= 15 is 0 Å². The van der Waals surface area contributed by atoms with Crippen molar-refractivity contribution < 1.29 is 34.8 Å². The number of halogens is 4. The number of nitrogens with zero attached hydrogens (tertiary/aromatic N) is 2. The molecule has 5 aromatic carbocycles. The quantitative estimate of drug-likeness (QED) is 0.0471. The number of thioether (sulfide) groups is 1. The zero-order valence-corrected chi connectivity index (χ0v) is 36.2. The molecule has 0 fully saturated rings. The molecule has 1 amide bonds. The molecule has 0 saturated carbocycles. The Morgan fingerprint density at radius 3 is 2.28 bits per heavy atom. The third-order valence-electron chi connectivity index (χ3n) is 9.82. The van der Waals surface area contributed by atoms with Crippen molar-refractivity contribution in [1.82, 2.24) is 14.9 Å². The van der Waals surface area contributed by atoms with Gasteiger partial charge in [-0.05, 0) is 96.8 Å². The first kappa shape index (κ1) is 45.5. The summed E-state index contributed by atoms with van der Waals surface area (Å²) in [6, 6.07) is 32.7. The molecule has 0 spiro atoms. The zero-order valence-electron chi connectivity index (χ0n) is 33.0. The number of aliphatic imine (C=N–C) groups is 1. The van der Waals surface area contributed by atoms with Crippen LogP contribution in [0.3, 0.4) is 0 Å². The molecule has 11 nitrogen and oxygen atoms in total. The number of sulfonamides is 1. The van der Waals surface area contributed by atoms with E-state index in [0.717, 1.165) is 39.6 Å². The van der Waals surface area contributed by atoms with Gasteiger partial charge in [0.05, 0.1) is 23.0 Å². The maximum absolute atomic E-state index is 14.1. The summed E-state index contributed by atoms with van der Waals surface area (Å²) in [7, 11) is -10.9. The molecule has 0 radical (unpaired) electrons. The lowest BCUT2D eigenvalue weighted by molar-refractivity contribution is -0.0435. The van der Waals surface area contributed by atoms with Crippen molar-refractivity contribution in [3.05, 3.63) is 137 Å². The van der Waals surface area contributed by atoms with E-state index in [4.69, 9.17) is 11.6 Å². The summed E-state index contributed by atoms with van der Waals surface area (Å²) in [5.41, 5.74) is -2.33. The molecule has 4 N–H and O–H groups in total. The summed E-state index contributed by atoms with van der Waals surface area (Å²) < 4.78 is 96.9. The summed E-state index contributed by atoms with van der Waals surface area (Å²) in [6.07, 6.45) is 0.403. The van der Waals surface area contributed by atoms with Crippen LogP contribution in [-0.2, 0) is 26.4 Å². The highest BCUT2D eigenvalue weighted by atomic mass is 35.5. The van der Waals surface area contributed by atoms with Gasteiger partial charge >= 0.3 is 5.51 Å². The Bertz CT molecular complexity index is 2550. The number of hydrogen-bond donors (Lipinski definition) is 4. The molecule has 1 atom stereocenters. The van der Waals surface area contributed by atoms with Gasteiger partial charge in [0.25, 0.3) is 25.8 Å². The van der Waals surface area contributed by atoms with Gasteiger partial charge in [0, 0.05) is 65.7 Å². The van der Waals surface area contributed by atoms with Crippen molar-refractivity contribution in [2.75, 3.05) is 49.1 Å². The highest BCUT2D eigenvalue weighted by molar-refractivity contribution is 7.99. The lowest BCUT2D eigenvalue weighted by Crippen LogP contribution is -2.34. The molecular weight excluding hydrogens is 869 g/mol. The van der Waals surface area contributed by atoms with Crippen molar-refractivity contribution >= 4 is 66.3 Å². The SMILES string of the molecule is CC1=NCCN1CC[C@H](CSc1ccccc1)Nc1ccc(S(=O)(=O)NC(=O)c2ccc(NCCNCc3ccccc3-c3ccc(Cl)cc3)cc2)cc1S(=O)(=O)C(F)(F)F. The molecular formula is C43H44ClF3N6O5S3. The van der Waals surface area contributed by atoms with Crippen LogP contribution in [0.2, 0.25) is 5.02 Å². The molecule has 0 bridgehead atoms. The lowest BCUT2D eigenvalue weighted by atomic mass is 10.00. The number of nitrogens with one attached hydrogen (secondary N) is 4. The number of carbonyl (C=O) groups is 1. The molecule has 6 rings (SSSR count). The van der Waals surface area contributed by atoms with Gasteiger partial charge in [-0.3, -0.25) is 9.79 Å². The number of anilines is 2. The second-order valence-corrected chi connectivity index (χ2v) is 19.2. The van der Waals surface area contributed by atoms with Gasteiger partial charge in [0.2, 0.25) is 0 Å². The number of alkyl halides is 3. The van der Waals surface area contributed by atoms with Crippen LogP contribution >= 0.6 is 23.4 Å². The monoisotopic (exact) mass is 912 g/mol. The molecule has 1 aliphatic heterocycles. The van der Waals surface area contributed by atoms with Gasteiger partial charge in [-0.25, -0.2) is 21.6 Å². The Hall–Kier alpha value is -5.07. The van der Waals surface area contributed by atoms with Gasteiger partial charge in [-0.1, -0.05) is 66.2 Å². The van der Waals surface area contributed by atoms with Crippen molar-refractivity contribution in [1.29, 1.82) is 0 Å². The van der Waals surface area contributed by atoms with Crippen molar-refractivity contribution in [2.24, 2.45) is 4.99 Å². The maximum atomic E-state index is 14.1. The largest absolute Gasteiger partial charge is 0.501 e. The maximum Gasteiger partial charge on any atom is 0.501 e. The Kier molecular flexibility index (Phi) is 15.1. The number of amidine groups is 1. The molecule has 5 aromatic rings. The van der Waals surface area contributed by atoms with E-state index in [1.807, 2.05) is 95.4 Å². The summed E-state index contributed by atoms with van der Waals surface area (Å²) in [6.45, 7) is 5.39. The Morgan fingerprint density at radius 2 is 1.59 bits per heavy atom. The fourth-order valence-corrected chi connectivity index (χ4v) is 9.67. The number of sulfone groups is 1. The first-order valence-corrected chi connectivity index (χ1v) is 23.5. The average Bonchev–Trinajstić information content (AvgIpc) is 3.66. The number of hydrogen-bond acceptors (Lipinski definition) is 11. The first-order chi connectivity index (χ1) is 29.1. The fraction of sp³-hybridized carbons (Fsp3) is 0.256. The summed E-state index contributed by atoms with van der Waals surface area (Å²) in [5, 5.41) is 10.2. The topological polar surface area (TPSA) is 149 Å². The van der Waals surface area contributed by atoms with Crippen LogP contribution in [0.4, 0.5) is 24.5 Å². The standard InChI is InChI=1S/C43H44ClF3N6O5S3/c1-30-49-24-26-53(30)25-21-36(29-59-37-8-3-2-4-9-37)51-40-20-19-38(27-41(40)60(55,56)43(45,46)47)61(57,58)52-42(54)32-13-17-35(18-14-32)50-23-22-48-28-33-7-5-6-10-39(33)31-11-15-34(44)16-12-31/h2-20,27,36,48,50-51H,21-26,28-29H2,1H3,(H,52,54)/t36-/m1/s1. The molecule has 0 aromatic heterocycles. The van der Waals surface area contributed by atoms with E-state index in [9.17, 15) is 34.8 Å². The van der Waals surface area contributed by atoms with Crippen molar-refractivity contribution in [2.45, 2.75) is 46.1 Å². The minimum Gasteiger partial charge on any atom is -0.384 e. The van der Waals surface area contributed by atoms with Gasteiger partial charge in [0.15, 0.2) is 0 Å². The fourth-order valence-electron chi connectivity index (χ4n) is 6.53. The summed E-state index contributed by atoms with van der Waals surface area (Å²) in [5.74, 6) is 0.114. The highest BCUT2D eigenvalue weighted by Crippen LogP contribution is 2.37. The smallest absolute Gasteiger partial charge is 0.384 e. The first-order valence-electron chi connectivity index (χ1n) is 19.2. The summed E-state index contributed by atoms with van der Waals surface area (Å²) >= 11 is 7.48. The molecule has 61 heavy (non-hydrogen) atoms. The minimum atomic E-state index is -6.06. The number of carbonyl (C=O) groups excluding carboxylic acids is 1. The lowest BCUT2D eigenvalue weighted by Gasteiger charge is -2.25. The van der Waals surface area contributed by atoms with Crippen LogP contribution in [0.15, 0.2) is 141 Å². The molecule has 18 heteroatoms. The highest BCUT2D eigenvalue weighted by Gasteiger charge is 2.48. The third kappa shape index (κ3) is 12.1. The van der Waals surface area contributed by atoms with E-state index in [0.29, 0.717) is 68.2 Å². The van der Waals surface area contributed by atoms with Gasteiger partial charge in [0.1, 0.15) is 4.90 Å².